The van der Waals surface area contributed by atoms with Crippen molar-refractivity contribution in [1.82, 2.24) is 4.31 Å². The van der Waals surface area contributed by atoms with Crippen molar-refractivity contribution < 1.29 is 27.5 Å². The van der Waals surface area contributed by atoms with Crippen LogP contribution in [0.15, 0.2) is 59.5 Å². The highest BCUT2D eigenvalue weighted by molar-refractivity contribution is 7.89. The molecule has 0 saturated carbocycles. The molecule has 0 aliphatic carbocycles. The second-order valence-electron chi connectivity index (χ2n) is 7.50. The van der Waals surface area contributed by atoms with Crippen LogP contribution in [0.2, 0.25) is 0 Å². The molecule has 3 rings (SSSR count). The van der Waals surface area contributed by atoms with Gasteiger partial charge in [-0.25, -0.2) is 8.42 Å². The van der Waals surface area contributed by atoms with Crippen molar-refractivity contribution in [2.45, 2.75) is 31.1 Å². The van der Waals surface area contributed by atoms with E-state index in [1.165, 1.54) is 4.31 Å². The lowest BCUT2D eigenvalue weighted by molar-refractivity contribution is -0.148. The first kappa shape index (κ1) is 23.6. The van der Waals surface area contributed by atoms with Gasteiger partial charge >= 0.3 is 5.97 Å². The van der Waals surface area contributed by atoms with Crippen LogP contribution in [0.25, 0.3) is 0 Å². The van der Waals surface area contributed by atoms with Crippen LogP contribution >= 0.6 is 0 Å². The van der Waals surface area contributed by atoms with Crippen molar-refractivity contribution in [3.8, 4) is 0 Å². The van der Waals surface area contributed by atoms with Crippen molar-refractivity contribution in [3.05, 3.63) is 60.2 Å². The molecule has 1 saturated heterocycles. The number of piperidine rings is 1. The third-order valence-electron chi connectivity index (χ3n) is 5.33. The number of anilines is 1. The predicted octanol–water partition coefficient (Wildman–Crippen LogP) is 2.86. The lowest BCUT2D eigenvalue weighted by Crippen LogP contribution is -2.40. The van der Waals surface area contributed by atoms with Gasteiger partial charge in [-0.2, -0.15) is 4.31 Å². The maximum absolute atomic E-state index is 12.7. The van der Waals surface area contributed by atoms with Crippen LogP contribution in [-0.2, 0) is 24.3 Å². The molecule has 0 radical (unpaired) electrons. The summed E-state index contributed by atoms with van der Waals surface area (Å²) < 4.78 is 31.9. The summed E-state index contributed by atoms with van der Waals surface area (Å²) in [4.78, 5) is 36.3. The van der Waals surface area contributed by atoms with E-state index in [-0.39, 0.29) is 36.3 Å². The van der Waals surface area contributed by atoms with Crippen LogP contribution < -0.4 is 5.32 Å². The van der Waals surface area contributed by atoms with E-state index in [4.69, 9.17) is 4.74 Å². The van der Waals surface area contributed by atoms with Crippen LogP contribution in [0.4, 0.5) is 5.69 Å². The molecule has 1 heterocycles. The Morgan fingerprint density at radius 2 is 1.62 bits per heavy atom. The Hall–Kier alpha value is -3.04. The molecular weight excluding hydrogens is 432 g/mol. The molecule has 8 nitrogen and oxygen atoms in total. The molecule has 1 N–H and O–H groups in total. The number of carbonyl (C=O) groups excluding carboxylic acids is 3. The molecular formula is C23H26N2O6S. The van der Waals surface area contributed by atoms with Crippen LogP contribution in [-0.4, -0.2) is 50.1 Å². The molecule has 1 amide bonds. The predicted molar refractivity (Wildman–Crippen MR) is 119 cm³/mol. The Balaban J connectivity index is 1.48. The van der Waals surface area contributed by atoms with Gasteiger partial charge in [0, 0.05) is 30.8 Å². The van der Waals surface area contributed by atoms with E-state index in [0.717, 1.165) is 0 Å². The molecule has 0 unspecified atom stereocenters. The minimum atomic E-state index is -3.59. The zero-order valence-electron chi connectivity index (χ0n) is 17.8. The van der Waals surface area contributed by atoms with Crippen LogP contribution in [0.1, 0.15) is 36.5 Å². The molecule has 0 aromatic heterocycles. The second kappa shape index (κ2) is 10.5. The number of sulfonamides is 1. The topological polar surface area (TPSA) is 110 Å². The average molecular weight is 459 g/mol. The minimum absolute atomic E-state index is 0.124. The SMILES string of the molecule is CCC(=O)Nc1ccc(C(=O)COC(=O)C2CCN(S(=O)(=O)c3ccccc3)CC2)cc1. The lowest BCUT2D eigenvalue weighted by Gasteiger charge is -2.30. The Morgan fingerprint density at radius 3 is 2.22 bits per heavy atom. The summed E-state index contributed by atoms with van der Waals surface area (Å²) in [5, 5.41) is 2.69. The van der Waals surface area contributed by atoms with Crippen LogP contribution in [0.5, 0.6) is 0 Å². The number of hydrogen-bond acceptors (Lipinski definition) is 6. The summed E-state index contributed by atoms with van der Waals surface area (Å²) in [6, 6.07) is 14.5. The Labute approximate surface area is 187 Å². The fourth-order valence-electron chi connectivity index (χ4n) is 3.40. The van der Waals surface area contributed by atoms with E-state index in [9.17, 15) is 22.8 Å². The van der Waals surface area contributed by atoms with Crippen molar-refractivity contribution >= 4 is 33.4 Å². The normalized spacial score (nSPS) is 15.2. The first-order valence-electron chi connectivity index (χ1n) is 10.5. The van der Waals surface area contributed by atoms with Gasteiger partial charge < -0.3 is 10.1 Å². The number of esters is 1. The molecule has 9 heteroatoms. The smallest absolute Gasteiger partial charge is 0.309 e. The number of nitrogens with one attached hydrogen (secondary N) is 1. The maximum Gasteiger partial charge on any atom is 0.309 e. The van der Waals surface area contributed by atoms with Crippen LogP contribution in [0, 0.1) is 5.92 Å². The summed E-state index contributed by atoms with van der Waals surface area (Å²) >= 11 is 0. The zero-order valence-corrected chi connectivity index (χ0v) is 18.6. The second-order valence-corrected chi connectivity index (χ2v) is 9.44. The Morgan fingerprint density at radius 1 is 1.00 bits per heavy atom. The minimum Gasteiger partial charge on any atom is -0.457 e. The van der Waals surface area contributed by atoms with Gasteiger partial charge in [0.25, 0.3) is 0 Å². The summed E-state index contributed by atoms with van der Waals surface area (Å²) in [6.07, 6.45) is 1.03. The van der Waals surface area contributed by atoms with Crippen molar-refractivity contribution in [2.75, 3.05) is 25.0 Å². The van der Waals surface area contributed by atoms with Crippen molar-refractivity contribution in [3.63, 3.8) is 0 Å². The first-order chi connectivity index (χ1) is 15.3. The monoisotopic (exact) mass is 458 g/mol. The number of rotatable bonds is 8. The molecule has 0 bridgehead atoms. The van der Waals surface area contributed by atoms with Gasteiger partial charge in [-0.1, -0.05) is 25.1 Å². The van der Waals surface area contributed by atoms with E-state index in [2.05, 4.69) is 5.32 Å². The van der Waals surface area contributed by atoms with Gasteiger partial charge in [-0.05, 0) is 49.2 Å². The number of ketones is 1. The van der Waals surface area contributed by atoms with E-state index < -0.39 is 21.9 Å². The standard InChI is InChI=1S/C23H26N2O6S/c1-2-22(27)24-19-10-8-17(9-11-19)21(26)16-31-23(28)18-12-14-25(15-13-18)32(29,30)20-6-4-3-5-7-20/h3-11,18H,2,12-16H2,1H3,(H,24,27). The Bertz CT molecular complexity index is 1060. The van der Waals surface area contributed by atoms with Gasteiger partial charge in [0.2, 0.25) is 15.9 Å². The quantitative estimate of drug-likeness (QED) is 0.481. The fourth-order valence-corrected chi connectivity index (χ4v) is 4.89. The third-order valence-corrected chi connectivity index (χ3v) is 7.24. The van der Waals surface area contributed by atoms with E-state index in [0.29, 0.717) is 30.5 Å². The van der Waals surface area contributed by atoms with Gasteiger partial charge in [0.15, 0.2) is 12.4 Å². The molecule has 1 aliphatic heterocycles. The lowest BCUT2D eigenvalue weighted by atomic mass is 9.98. The van der Waals surface area contributed by atoms with Crippen LogP contribution in [0.3, 0.4) is 0 Å². The molecule has 170 valence electrons. The maximum atomic E-state index is 12.7. The average Bonchev–Trinajstić information content (AvgIpc) is 2.83. The molecule has 1 fully saturated rings. The Kier molecular flexibility index (Phi) is 7.76. The summed E-state index contributed by atoms with van der Waals surface area (Å²) in [6.45, 7) is 1.79. The van der Waals surface area contributed by atoms with Gasteiger partial charge in [-0.15, -0.1) is 0 Å². The third kappa shape index (κ3) is 5.80. The highest BCUT2D eigenvalue weighted by Gasteiger charge is 2.32. The van der Waals surface area contributed by atoms with E-state index >= 15 is 0 Å². The number of Topliss-reactive ketones (excluding diaryl/α,β-unsaturated/α-hetero) is 1. The fraction of sp³-hybridized carbons (Fsp3) is 0.348. The summed E-state index contributed by atoms with van der Waals surface area (Å²) in [7, 11) is -3.59. The molecule has 1 aliphatic rings. The van der Waals surface area contributed by atoms with Crippen molar-refractivity contribution in [2.24, 2.45) is 5.92 Å². The first-order valence-corrected chi connectivity index (χ1v) is 11.9. The zero-order chi connectivity index (χ0) is 23.1. The van der Waals surface area contributed by atoms with Gasteiger partial charge in [-0.3, -0.25) is 14.4 Å². The van der Waals surface area contributed by atoms with Crippen molar-refractivity contribution in [1.29, 1.82) is 0 Å². The number of benzene rings is 2. The number of nitrogens with zero attached hydrogens (tertiary/aromatic N) is 1. The summed E-state index contributed by atoms with van der Waals surface area (Å²) in [5.41, 5.74) is 0.957. The highest BCUT2D eigenvalue weighted by Crippen LogP contribution is 2.24. The largest absolute Gasteiger partial charge is 0.457 e. The molecule has 0 spiro atoms. The highest BCUT2D eigenvalue weighted by atomic mass is 32.2. The molecule has 32 heavy (non-hydrogen) atoms. The van der Waals surface area contributed by atoms with E-state index in [1.807, 2.05) is 0 Å². The van der Waals surface area contributed by atoms with E-state index in [1.54, 1.807) is 61.5 Å². The number of ether oxygens (including phenoxy) is 1. The van der Waals surface area contributed by atoms with Gasteiger partial charge in [0.05, 0.1) is 10.8 Å². The number of amides is 1. The molecule has 0 atom stereocenters. The number of hydrogen-bond donors (Lipinski definition) is 1. The molecule has 2 aromatic rings. The van der Waals surface area contributed by atoms with Gasteiger partial charge in [0.1, 0.15) is 0 Å². The molecule has 2 aromatic carbocycles. The number of carbonyl (C=O) groups is 3. The summed E-state index contributed by atoms with van der Waals surface area (Å²) in [5.74, 6) is -1.42.